The van der Waals surface area contributed by atoms with Gasteiger partial charge in [0.1, 0.15) is 5.82 Å². The molecule has 1 unspecified atom stereocenters. The maximum Gasteiger partial charge on any atom is 0.200 e. The van der Waals surface area contributed by atoms with Crippen LogP contribution in [0.5, 0.6) is 0 Å². The number of nitrogens with one attached hydrogen (secondary N) is 1. The van der Waals surface area contributed by atoms with Gasteiger partial charge >= 0.3 is 0 Å². The van der Waals surface area contributed by atoms with E-state index in [1.807, 2.05) is 13.0 Å². The molecule has 1 aliphatic heterocycles. The number of rotatable bonds is 1. The van der Waals surface area contributed by atoms with Crippen molar-refractivity contribution in [3.63, 3.8) is 0 Å². The molecule has 16 heavy (non-hydrogen) atoms. The first-order chi connectivity index (χ1) is 7.77. The first-order valence-corrected chi connectivity index (χ1v) is 5.48. The molecule has 5 heteroatoms. The van der Waals surface area contributed by atoms with E-state index in [-0.39, 0.29) is 6.04 Å². The fourth-order valence-corrected chi connectivity index (χ4v) is 2.11. The van der Waals surface area contributed by atoms with Crippen molar-refractivity contribution < 1.29 is 4.42 Å². The lowest BCUT2D eigenvalue weighted by Gasteiger charge is -2.21. The summed E-state index contributed by atoms with van der Waals surface area (Å²) in [5.41, 5.74) is 1.10. The summed E-state index contributed by atoms with van der Waals surface area (Å²) in [4.78, 5) is 0. The summed E-state index contributed by atoms with van der Waals surface area (Å²) in [6, 6.07) is 2.20. The molecule has 0 saturated heterocycles. The van der Waals surface area contributed by atoms with Crippen molar-refractivity contribution in [2.75, 3.05) is 6.54 Å². The minimum atomic E-state index is 0.255. The molecule has 3 rings (SSSR count). The summed E-state index contributed by atoms with van der Waals surface area (Å²) in [7, 11) is 0. The van der Waals surface area contributed by atoms with E-state index in [0.29, 0.717) is 0 Å². The molecule has 3 heterocycles. The summed E-state index contributed by atoms with van der Waals surface area (Å²) in [6.07, 6.45) is 1.69. The number of furan rings is 1. The van der Waals surface area contributed by atoms with E-state index in [9.17, 15) is 0 Å². The first kappa shape index (κ1) is 9.59. The Morgan fingerprint density at radius 3 is 3.12 bits per heavy atom. The normalized spacial score (nSPS) is 19.8. The molecule has 0 aromatic carbocycles. The highest BCUT2D eigenvalue weighted by Gasteiger charge is 2.23. The Morgan fingerprint density at radius 2 is 2.38 bits per heavy atom. The molecule has 0 aliphatic carbocycles. The molecule has 0 saturated carbocycles. The third-order valence-electron chi connectivity index (χ3n) is 3.02. The van der Waals surface area contributed by atoms with Crippen LogP contribution in [0.1, 0.15) is 24.4 Å². The predicted molar refractivity (Wildman–Crippen MR) is 58.9 cm³/mol. The maximum absolute atomic E-state index is 5.47. The molecular weight excluding hydrogens is 204 g/mol. The molecule has 84 valence electrons. The average molecular weight is 218 g/mol. The summed E-state index contributed by atoms with van der Waals surface area (Å²) in [5.74, 6) is 2.65. The van der Waals surface area contributed by atoms with Crippen LogP contribution in [0.3, 0.4) is 0 Å². The molecule has 2 aromatic heterocycles. The Morgan fingerprint density at radius 1 is 1.50 bits per heavy atom. The number of aromatic nitrogens is 3. The van der Waals surface area contributed by atoms with Gasteiger partial charge in [-0.25, -0.2) is 0 Å². The Bertz CT molecular complexity index is 514. The van der Waals surface area contributed by atoms with E-state index in [4.69, 9.17) is 4.42 Å². The minimum absolute atomic E-state index is 0.255. The number of fused-ring (bicyclic) bond motifs is 1. The van der Waals surface area contributed by atoms with Crippen LogP contribution in [0.25, 0.3) is 11.6 Å². The van der Waals surface area contributed by atoms with Crippen molar-refractivity contribution in [2.24, 2.45) is 0 Å². The van der Waals surface area contributed by atoms with Gasteiger partial charge in [0.15, 0.2) is 11.6 Å². The summed E-state index contributed by atoms with van der Waals surface area (Å²) in [5, 5.41) is 11.8. The van der Waals surface area contributed by atoms with Crippen molar-refractivity contribution in [3.8, 4) is 11.6 Å². The van der Waals surface area contributed by atoms with E-state index >= 15 is 0 Å². The van der Waals surface area contributed by atoms with Crippen LogP contribution in [0.2, 0.25) is 0 Å². The van der Waals surface area contributed by atoms with Gasteiger partial charge in [-0.15, -0.1) is 10.2 Å². The predicted octanol–water partition coefficient (Wildman–Crippen LogP) is 1.51. The van der Waals surface area contributed by atoms with Gasteiger partial charge in [0.2, 0.25) is 0 Å². The zero-order chi connectivity index (χ0) is 11.1. The molecule has 0 amide bonds. The van der Waals surface area contributed by atoms with Gasteiger partial charge in [-0.1, -0.05) is 0 Å². The minimum Gasteiger partial charge on any atom is -0.461 e. The highest BCUT2D eigenvalue weighted by atomic mass is 16.3. The first-order valence-electron chi connectivity index (χ1n) is 5.48. The van der Waals surface area contributed by atoms with Crippen molar-refractivity contribution >= 4 is 0 Å². The third-order valence-corrected chi connectivity index (χ3v) is 3.02. The van der Waals surface area contributed by atoms with E-state index in [0.717, 1.165) is 36.1 Å². The van der Waals surface area contributed by atoms with Crippen LogP contribution in [0.15, 0.2) is 16.7 Å². The Labute approximate surface area is 93.5 Å². The Hall–Kier alpha value is -1.62. The highest BCUT2D eigenvalue weighted by Crippen LogP contribution is 2.26. The molecule has 0 radical (unpaired) electrons. The lowest BCUT2D eigenvalue weighted by Crippen LogP contribution is -2.32. The van der Waals surface area contributed by atoms with Crippen LogP contribution in [0, 0.1) is 6.92 Å². The van der Waals surface area contributed by atoms with Gasteiger partial charge in [-0.05, 0) is 25.5 Å². The molecule has 1 atom stereocenters. The maximum atomic E-state index is 5.47. The summed E-state index contributed by atoms with van der Waals surface area (Å²) < 4.78 is 7.60. The molecule has 5 nitrogen and oxygen atoms in total. The molecular formula is C11H14N4O. The van der Waals surface area contributed by atoms with Gasteiger partial charge in [0.25, 0.3) is 0 Å². The fraction of sp³-hybridized carbons (Fsp3) is 0.455. The third kappa shape index (κ3) is 1.28. The highest BCUT2D eigenvalue weighted by molar-refractivity contribution is 5.52. The van der Waals surface area contributed by atoms with E-state index < -0.39 is 0 Å². The quantitative estimate of drug-likeness (QED) is 0.788. The second-order valence-corrected chi connectivity index (χ2v) is 4.14. The van der Waals surface area contributed by atoms with Crippen molar-refractivity contribution in [1.29, 1.82) is 0 Å². The fourth-order valence-electron chi connectivity index (χ4n) is 2.11. The van der Waals surface area contributed by atoms with Crippen LogP contribution >= 0.6 is 0 Å². The SMILES string of the molecule is Cc1ccoc1-c1nnc2n1CCNC2C. The largest absolute Gasteiger partial charge is 0.461 e. The topological polar surface area (TPSA) is 55.9 Å². The monoisotopic (exact) mass is 218 g/mol. The van der Waals surface area contributed by atoms with Crippen molar-refractivity contribution in [3.05, 3.63) is 23.7 Å². The summed E-state index contributed by atoms with van der Waals surface area (Å²) in [6.45, 7) is 5.95. The molecule has 2 aromatic rings. The molecule has 0 spiro atoms. The molecule has 1 aliphatic rings. The second kappa shape index (κ2) is 3.45. The number of hydrogen-bond acceptors (Lipinski definition) is 4. The van der Waals surface area contributed by atoms with E-state index in [1.165, 1.54) is 0 Å². The standard InChI is InChI=1S/C11H14N4O/c1-7-3-6-16-9(7)11-14-13-10-8(2)12-4-5-15(10)11/h3,6,8,12H,4-5H2,1-2H3. The molecule has 0 fully saturated rings. The molecule has 0 bridgehead atoms. The Kier molecular flexibility index (Phi) is 2.07. The number of nitrogens with zero attached hydrogens (tertiary/aromatic N) is 3. The number of hydrogen-bond donors (Lipinski definition) is 1. The number of aryl methyl sites for hydroxylation is 1. The van der Waals surface area contributed by atoms with Crippen LogP contribution in [0.4, 0.5) is 0 Å². The Balaban J connectivity index is 2.13. The second-order valence-electron chi connectivity index (χ2n) is 4.14. The lowest BCUT2D eigenvalue weighted by atomic mass is 10.2. The van der Waals surface area contributed by atoms with Crippen LogP contribution in [-0.4, -0.2) is 21.3 Å². The van der Waals surface area contributed by atoms with Gasteiger partial charge in [-0.2, -0.15) is 0 Å². The molecule has 1 N–H and O–H groups in total. The van der Waals surface area contributed by atoms with Gasteiger partial charge < -0.3 is 14.3 Å². The van der Waals surface area contributed by atoms with E-state index in [2.05, 4.69) is 27.0 Å². The van der Waals surface area contributed by atoms with Crippen LogP contribution in [-0.2, 0) is 6.54 Å². The zero-order valence-electron chi connectivity index (χ0n) is 9.40. The summed E-state index contributed by atoms with van der Waals surface area (Å²) >= 11 is 0. The van der Waals surface area contributed by atoms with Gasteiger partial charge in [0, 0.05) is 13.1 Å². The van der Waals surface area contributed by atoms with Gasteiger partial charge in [-0.3, -0.25) is 0 Å². The smallest absolute Gasteiger partial charge is 0.200 e. The zero-order valence-corrected chi connectivity index (χ0v) is 9.40. The van der Waals surface area contributed by atoms with Crippen LogP contribution < -0.4 is 5.32 Å². The average Bonchev–Trinajstić information content (AvgIpc) is 2.84. The van der Waals surface area contributed by atoms with Crippen molar-refractivity contribution in [1.82, 2.24) is 20.1 Å². The van der Waals surface area contributed by atoms with E-state index in [1.54, 1.807) is 6.26 Å². The lowest BCUT2D eigenvalue weighted by molar-refractivity contribution is 0.436. The van der Waals surface area contributed by atoms with Crippen molar-refractivity contribution in [2.45, 2.75) is 26.4 Å². The van der Waals surface area contributed by atoms with Gasteiger partial charge in [0.05, 0.1) is 12.3 Å².